The van der Waals surface area contributed by atoms with Crippen LogP contribution in [0.2, 0.25) is 0 Å². The summed E-state index contributed by atoms with van der Waals surface area (Å²) in [5, 5.41) is 13.4. The molecular formula is C11H15BrN2O2. The zero-order valence-corrected chi connectivity index (χ0v) is 10.5. The Balaban J connectivity index is 1.91. The standard InChI is InChI=1S/C11H15BrN2O2/c12-9-2-1-3-10(14-9)13-8-11(15)4-6-16-7-5-11/h1-3,15H,4-8H2,(H,13,14). The highest BCUT2D eigenvalue weighted by Gasteiger charge is 2.29. The van der Waals surface area contributed by atoms with Crippen LogP contribution in [0.3, 0.4) is 0 Å². The summed E-state index contributed by atoms with van der Waals surface area (Å²) in [6, 6.07) is 5.66. The maximum atomic E-state index is 10.2. The largest absolute Gasteiger partial charge is 0.388 e. The molecule has 5 heteroatoms. The summed E-state index contributed by atoms with van der Waals surface area (Å²) in [6.07, 6.45) is 1.35. The van der Waals surface area contributed by atoms with Gasteiger partial charge in [-0.1, -0.05) is 6.07 Å². The predicted molar refractivity (Wildman–Crippen MR) is 65.4 cm³/mol. The molecule has 2 N–H and O–H groups in total. The van der Waals surface area contributed by atoms with Gasteiger partial charge in [-0.25, -0.2) is 4.98 Å². The van der Waals surface area contributed by atoms with Gasteiger partial charge < -0.3 is 15.2 Å². The van der Waals surface area contributed by atoms with Gasteiger partial charge >= 0.3 is 0 Å². The fraction of sp³-hybridized carbons (Fsp3) is 0.545. The Morgan fingerprint density at radius 2 is 2.19 bits per heavy atom. The number of nitrogens with zero attached hydrogens (tertiary/aromatic N) is 1. The van der Waals surface area contributed by atoms with Gasteiger partial charge in [-0.05, 0) is 28.1 Å². The molecule has 2 rings (SSSR count). The molecule has 0 aromatic carbocycles. The quantitative estimate of drug-likeness (QED) is 0.832. The summed E-state index contributed by atoms with van der Waals surface area (Å²) >= 11 is 3.31. The normalized spacial score (nSPS) is 19.4. The molecule has 1 aliphatic heterocycles. The molecule has 1 aromatic rings. The van der Waals surface area contributed by atoms with Crippen molar-refractivity contribution in [2.45, 2.75) is 18.4 Å². The lowest BCUT2D eigenvalue weighted by Crippen LogP contribution is -2.42. The van der Waals surface area contributed by atoms with Gasteiger partial charge in [0.1, 0.15) is 10.4 Å². The van der Waals surface area contributed by atoms with E-state index >= 15 is 0 Å². The number of hydrogen-bond acceptors (Lipinski definition) is 4. The topological polar surface area (TPSA) is 54.4 Å². The average molecular weight is 287 g/mol. The number of pyridine rings is 1. The van der Waals surface area contributed by atoms with Crippen molar-refractivity contribution in [3.63, 3.8) is 0 Å². The summed E-state index contributed by atoms with van der Waals surface area (Å²) in [6.45, 7) is 1.77. The predicted octanol–water partition coefficient (Wildman–Crippen LogP) is 1.80. The summed E-state index contributed by atoms with van der Waals surface area (Å²) in [4.78, 5) is 4.25. The van der Waals surface area contributed by atoms with Gasteiger partial charge in [0, 0.05) is 32.6 Å². The minimum atomic E-state index is -0.664. The van der Waals surface area contributed by atoms with E-state index < -0.39 is 5.60 Å². The number of halogens is 1. The van der Waals surface area contributed by atoms with Crippen LogP contribution in [0.4, 0.5) is 5.82 Å². The molecule has 0 amide bonds. The van der Waals surface area contributed by atoms with Crippen molar-refractivity contribution < 1.29 is 9.84 Å². The SMILES string of the molecule is OC1(CNc2cccc(Br)n2)CCOCC1. The van der Waals surface area contributed by atoms with Crippen LogP contribution in [0.25, 0.3) is 0 Å². The summed E-state index contributed by atoms with van der Waals surface area (Å²) in [7, 11) is 0. The smallest absolute Gasteiger partial charge is 0.127 e. The molecule has 2 heterocycles. The van der Waals surface area contributed by atoms with Crippen LogP contribution in [-0.4, -0.2) is 35.5 Å². The lowest BCUT2D eigenvalue weighted by atomic mass is 9.94. The summed E-state index contributed by atoms with van der Waals surface area (Å²) in [5.74, 6) is 0.772. The Bertz CT molecular complexity index is 354. The molecule has 1 fully saturated rings. The van der Waals surface area contributed by atoms with E-state index in [9.17, 15) is 5.11 Å². The van der Waals surface area contributed by atoms with E-state index in [-0.39, 0.29) is 0 Å². The first-order chi connectivity index (χ1) is 7.68. The van der Waals surface area contributed by atoms with Crippen LogP contribution < -0.4 is 5.32 Å². The molecule has 0 atom stereocenters. The number of aromatic nitrogens is 1. The van der Waals surface area contributed by atoms with Crippen LogP contribution in [0.5, 0.6) is 0 Å². The highest BCUT2D eigenvalue weighted by Crippen LogP contribution is 2.21. The number of nitrogens with one attached hydrogen (secondary N) is 1. The summed E-state index contributed by atoms with van der Waals surface area (Å²) < 4.78 is 6.01. The fourth-order valence-corrected chi connectivity index (χ4v) is 2.03. The van der Waals surface area contributed by atoms with Gasteiger partial charge in [-0.2, -0.15) is 0 Å². The van der Waals surface area contributed by atoms with Crippen LogP contribution >= 0.6 is 15.9 Å². The molecule has 0 saturated carbocycles. The van der Waals surface area contributed by atoms with Crippen LogP contribution in [0.1, 0.15) is 12.8 Å². The first-order valence-corrected chi connectivity index (χ1v) is 6.14. The van der Waals surface area contributed by atoms with E-state index in [4.69, 9.17) is 4.74 Å². The van der Waals surface area contributed by atoms with Crippen LogP contribution in [0.15, 0.2) is 22.8 Å². The van der Waals surface area contributed by atoms with Gasteiger partial charge in [0.05, 0.1) is 5.60 Å². The lowest BCUT2D eigenvalue weighted by Gasteiger charge is -2.32. The highest BCUT2D eigenvalue weighted by atomic mass is 79.9. The molecule has 1 saturated heterocycles. The number of rotatable bonds is 3. The van der Waals surface area contributed by atoms with Crippen LogP contribution in [0, 0.1) is 0 Å². The Morgan fingerprint density at radius 1 is 1.44 bits per heavy atom. The van der Waals surface area contributed by atoms with E-state index in [0.29, 0.717) is 32.6 Å². The molecule has 16 heavy (non-hydrogen) atoms. The Labute approximate surface area is 103 Å². The van der Waals surface area contributed by atoms with Gasteiger partial charge in [0.2, 0.25) is 0 Å². The van der Waals surface area contributed by atoms with Gasteiger partial charge in [-0.15, -0.1) is 0 Å². The van der Waals surface area contributed by atoms with Crippen molar-refractivity contribution >= 4 is 21.7 Å². The zero-order valence-electron chi connectivity index (χ0n) is 8.95. The summed E-state index contributed by atoms with van der Waals surface area (Å²) in [5.41, 5.74) is -0.664. The van der Waals surface area contributed by atoms with Gasteiger partial charge in [0.25, 0.3) is 0 Å². The Morgan fingerprint density at radius 3 is 2.88 bits per heavy atom. The number of aliphatic hydroxyl groups is 1. The molecule has 4 nitrogen and oxygen atoms in total. The number of hydrogen-bond donors (Lipinski definition) is 2. The van der Waals surface area contributed by atoms with Gasteiger partial charge in [0.15, 0.2) is 0 Å². The van der Waals surface area contributed by atoms with Crippen molar-refractivity contribution in [3.05, 3.63) is 22.8 Å². The van der Waals surface area contributed by atoms with Gasteiger partial charge in [-0.3, -0.25) is 0 Å². The second kappa shape index (κ2) is 5.12. The molecule has 0 radical (unpaired) electrons. The molecule has 0 spiro atoms. The fourth-order valence-electron chi connectivity index (χ4n) is 1.69. The second-order valence-corrected chi connectivity index (χ2v) is 4.85. The zero-order chi connectivity index (χ0) is 11.4. The van der Waals surface area contributed by atoms with E-state index in [0.717, 1.165) is 10.4 Å². The third-order valence-corrected chi connectivity index (χ3v) is 3.18. The minimum Gasteiger partial charge on any atom is -0.388 e. The molecule has 0 bridgehead atoms. The van der Waals surface area contributed by atoms with Crippen molar-refractivity contribution in [1.82, 2.24) is 4.98 Å². The van der Waals surface area contributed by atoms with E-state index in [1.165, 1.54) is 0 Å². The second-order valence-electron chi connectivity index (χ2n) is 4.04. The Hall–Kier alpha value is -0.650. The Kier molecular flexibility index (Phi) is 3.78. The first-order valence-electron chi connectivity index (χ1n) is 5.35. The van der Waals surface area contributed by atoms with E-state index in [1.54, 1.807) is 0 Å². The number of anilines is 1. The van der Waals surface area contributed by atoms with Crippen molar-refractivity contribution in [1.29, 1.82) is 0 Å². The monoisotopic (exact) mass is 286 g/mol. The molecule has 1 aromatic heterocycles. The average Bonchev–Trinajstić information content (AvgIpc) is 2.28. The number of ether oxygens (including phenoxy) is 1. The van der Waals surface area contributed by atoms with Crippen molar-refractivity contribution in [2.24, 2.45) is 0 Å². The van der Waals surface area contributed by atoms with E-state index in [1.807, 2.05) is 18.2 Å². The molecular weight excluding hydrogens is 272 g/mol. The van der Waals surface area contributed by atoms with Crippen molar-refractivity contribution in [2.75, 3.05) is 25.1 Å². The molecule has 1 aliphatic rings. The minimum absolute atomic E-state index is 0.514. The van der Waals surface area contributed by atoms with Crippen molar-refractivity contribution in [3.8, 4) is 0 Å². The van der Waals surface area contributed by atoms with E-state index in [2.05, 4.69) is 26.2 Å². The molecule has 0 aliphatic carbocycles. The first kappa shape index (κ1) is 11.8. The highest BCUT2D eigenvalue weighted by molar-refractivity contribution is 9.10. The maximum Gasteiger partial charge on any atom is 0.127 e. The third kappa shape index (κ3) is 3.17. The molecule has 88 valence electrons. The van der Waals surface area contributed by atoms with Crippen LogP contribution in [-0.2, 0) is 4.74 Å². The lowest BCUT2D eigenvalue weighted by molar-refractivity contribution is -0.0543. The third-order valence-electron chi connectivity index (χ3n) is 2.74. The molecule has 0 unspecified atom stereocenters. The maximum absolute atomic E-state index is 10.2.